The lowest BCUT2D eigenvalue weighted by molar-refractivity contribution is 0.258. The fourth-order valence-corrected chi connectivity index (χ4v) is 2.42. The van der Waals surface area contributed by atoms with E-state index in [0.29, 0.717) is 10.4 Å². The van der Waals surface area contributed by atoms with E-state index in [0.717, 1.165) is 12.5 Å². The maximum Gasteiger partial charge on any atom is 0.0733 e. The second-order valence-electron chi connectivity index (χ2n) is 4.79. The van der Waals surface area contributed by atoms with Crippen molar-refractivity contribution in [3.05, 3.63) is 0 Å². The lowest BCUT2D eigenvalue weighted by Crippen LogP contribution is -2.31. The van der Waals surface area contributed by atoms with Crippen LogP contribution in [-0.4, -0.2) is 29.5 Å². The standard InChI is InChI=1S/C10H18N2S/c1-12(8-2-3-8)7-10(4-5-10)6-9(11)13/h8H,2-7H2,1H3,(H2,11,13). The van der Waals surface area contributed by atoms with Crippen LogP contribution in [0.25, 0.3) is 0 Å². The van der Waals surface area contributed by atoms with Crippen LogP contribution in [0.5, 0.6) is 0 Å². The van der Waals surface area contributed by atoms with Crippen molar-refractivity contribution in [2.45, 2.75) is 38.1 Å². The van der Waals surface area contributed by atoms with Crippen molar-refractivity contribution in [1.82, 2.24) is 4.90 Å². The highest BCUT2D eigenvalue weighted by Crippen LogP contribution is 2.50. The summed E-state index contributed by atoms with van der Waals surface area (Å²) < 4.78 is 0. The molecule has 2 N–H and O–H groups in total. The molecule has 0 heterocycles. The Hall–Kier alpha value is -0.150. The van der Waals surface area contributed by atoms with E-state index in [9.17, 15) is 0 Å². The minimum atomic E-state index is 0.475. The van der Waals surface area contributed by atoms with Crippen molar-refractivity contribution in [1.29, 1.82) is 0 Å². The minimum absolute atomic E-state index is 0.475. The monoisotopic (exact) mass is 198 g/mol. The molecule has 0 saturated heterocycles. The Morgan fingerprint density at radius 2 is 2.15 bits per heavy atom. The summed E-state index contributed by atoms with van der Waals surface area (Å²) in [6, 6.07) is 0.865. The summed E-state index contributed by atoms with van der Waals surface area (Å²) in [4.78, 5) is 3.19. The molecule has 2 saturated carbocycles. The van der Waals surface area contributed by atoms with Gasteiger partial charge in [0.1, 0.15) is 0 Å². The molecule has 2 fully saturated rings. The van der Waals surface area contributed by atoms with Gasteiger partial charge < -0.3 is 10.6 Å². The van der Waals surface area contributed by atoms with Gasteiger partial charge in [-0.1, -0.05) is 12.2 Å². The molecule has 3 heteroatoms. The van der Waals surface area contributed by atoms with Crippen LogP contribution in [-0.2, 0) is 0 Å². The maximum absolute atomic E-state index is 5.60. The lowest BCUT2D eigenvalue weighted by atomic mass is 10.0. The van der Waals surface area contributed by atoms with Crippen LogP contribution in [0.2, 0.25) is 0 Å². The van der Waals surface area contributed by atoms with Gasteiger partial charge in [0.05, 0.1) is 4.99 Å². The molecule has 2 aliphatic carbocycles. The molecule has 74 valence electrons. The average molecular weight is 198 g/mol. The first-order chi connectivity index (χ1) is 6.11. The third kappa shape index (κ3) is 2.41. The first-order valence-corrected chi connectivity index (χ1v) is 5.51. The quantitative estimate of drug-likeness (QED) is 0.679. The predicted octanol–water partition coefficient (Wildman–Crippen LogP) is 1.54. The highest BCUT2D eigenvalue weighted by molar-refractivity contribution is 7.80. The van der Waals surface area contributed by atoms with Crippen LogP contribution in [0.15, 0.2) is 0 Å². The Balaban J connectivity index is 1.81. The van der Waals surface area contributed by atoms with E-state index in [-0.39, 0.29) is 0 Å². The predicted molar refractivity (Wildman–Crippen MR) is 58.7 cm³/mol. The van der Waals surface area contributed by atoms with E-state index >= 15 is 0 Å². The fourth-order valence-electron chi connectivity index (χ4n) is 2.11. The van der Waals surface area contributed by atoms with Crippen molar-refractivity contribution < 1.29 is 0 Å². The van der Waals surface area contributed by atoms with Gasteiger partial charge in [-0.3, -0.25) is 0 Å². The molecule has 0 radical (unpaired) electrons. The van der Waals surface area contributed by atoms with Gasteiger partial charge in [0, 0.05) is 19.0 Å². The van der Waals surface area contributed by atoms with Gasteiger partial charge in [0.15, 0.2) is 0 Å². The summed E-state index contributed by atoms with van der Waals surface area (Å²) in [6.45, 7) is 1.20. The molecule has 2 aliphatic rings. The number of thiocarbonyl (C=S) groups is 1. The largest absolute Gasteiger partial charge is 0.393 e. The summed E-state index contributed by atoms with van der Waals surface area (Å²) in [5, 5.41) is 0. The van der Waals surface area contributed by atoms with Crippen molar-refractivity contribution in [2.75, 3.05) is 13.6 Å². The third-order valence-corrected chi connectivity index (χ3v) is 3.41. The molecule has 0 aromatic heterocycles. The zero-order valence-electron chi connectivity index (χ0n) is 8.25. The normalized spacial score (nSPS) is 24.8. The van der Waals surface area contributed by atoms with Gasteiger partial charge in [0.2, 0.25) is 0 Å². The SMILES string of the molecule is CN(CC1(CC(N)=S)CC1)C1CC1. The molecule has 0 amide bonds. The Labute approximate surface area is 85.5 Å². The summed E-state index contributed by atoms with van der Waals surface area (Å²) in [5.74, 6) is 0. The number of hydrogen-bond donors (Lipinski definition) is 1. The Bertz CT molecular complexity index is 219. The van der Waals surface area contributed by atoms with E-state index < -0.39 is 0 Å². The highest BCUT2D eigenvalue weighted by atomic mass is 32.1. The van der Waals surface area contributed by atoms with Gasteiger partial charge in [-0.2, -0.15) is 0 Å². The van der Waals surface area contributed by atoms with Crippen LogP contribution < -0.4 is 5.73 Å². The summed E-state index contributed by atoms with van der Waals surface area (Å²) >= 11 is 4.98. The molecule has 0 spiro atoms. The topological polar surface area (TPSA) is 29.3 Å². The van der Waals surface area contributed by atoms with Gasteiger partial charge >= 0.3 is 0 Å². The van der Waals surface area contributed by atoms with Crippen LogP contribution in [0.3, 0.4) is 0 Å². The van der Waals surface area contributed by atoms with Crippen molar-refractivity contribution in [3.63, 3.8) is 0 Å². The number of nitrogens with two attached hydrogens (primary N) is 1. The molecule has 0 aliphatic heterocycles. The van der Waals surface area contributed by atoms with E-state index in [1.54, 1.807) is 0 Å². The second-order valence-corrected chi connectivity index (χ2v) is 5.31. The summed E-state index contributed by atoms with van der Waals surface area (Å²) in [5.41, 5.74) is 6.07. The zero-order valence-corrected chi connectivity index (χ0v) is 9.07. The number of hydrogen-bond acceptors (Lipinski definition) is 2. The Morgan fingerprint density at radius 3 is 2.54 bits per heavy atom. The number of nitrogens with zero attached hydrogens (tertiary/aromatic N) is 1. The van der Waals surface area contributed by atoms with Gasteiger partial charge in [-0.05, 0) is 38.1 Å². The third-order valence-electron chi connectivity index (χ3n) is 3.26. The van der Waals surface area contributed by atoms with Crippen LogP contribution in [0, 0.1) is 5.41 Å². The summed E-state index contributed by atoms with van der Waals surface area (Å²) in [6.07, 6.45) is 6.38. The first-order valence-electron chi connectivity index (χ1n) is 5.10. The smallest absolute Gasteiger partial charge is 0.0733 e. The molecule has 2 rings (SSSR count). The van der Waals surface area contributed by atoms with E-state index in [4.69, 9.17) is 18.0 Å². The van der Waals surface area contributed by atoms with E-state index in [1.807, 2.05) is 0 Å². The number of rotatable bonds is 5. The van der Waals surface area contributed by atoms with Crippen molar-refractivity contribution in [3.8, 4) is 0 Å². The van der Waals surface area contributed by atoms with Crippen LogP contribution >= 0.6 is 12.2 Å². The lowest BCUT2D eigenvalue weighted by Gasteiger charge is -2.22. The summed E-state index contributed by atoms with van der Waals surface area (Å²) in [7, 11) is 2.23. The molecule has 0 atom stereocenters. The van der Waals surface area contributed by atoms with Gasteiger partial charge in [0.25, 0.3) is 0 Å². The Morgan fingerprint density at radius 1 is 1.54 bits per heavy atom. The average Bonchev–Trinajstić information content (AvgIpc) is 2.76. The van der Waals surface area contributed by atoms with Gasteiger partial charge in [-0.25, -0.2) is 0 Å². The molecule has 2 nitrogen and oxygen atoms in total. The Kier molecular flexibility index (Phi) is 2.32. The maximum atomic E-state index is 5.60. The van der Waals surface area contributed by atoms with Crippen LogP contribution in [0.4, 0.5) is 0 Å². The fraction of sp³-hybridized carbons (Fsp3) is 0.900. The zero-order chi connectivity index (χ0) is 9.47. The first kappa shape index (κ1) is 9.41. The van der Waals surface area contributed by atoms with Gasteiger partial charge in [-0.15, -0.1) is 0 Å². The molecule has 0 bridgehead atoms. The molecular formula is C10H18N2S. The van der Waals surface area contributed by atoms with Crippen molar-refractivity contribution in [2.24, 2.45) is 11.1 Å². The highest BCUT2D eigenvalue weighted by Gasteiger charge is 2.45. The second kappa shape index (κ2) is 3.21. The van der Waals surface area contributed by atoms with E-state index in [2.05, 4.69) is 11.9 Å². The molecule has 0 aromatic rings. The molecule has 0 unspecified atom stereocenters. The minimum Gasteiger partial charge on any atom is -0.393 e. The molecular weight excluding hydrogens is 180 g/mol. The van der Waals surface area contributed by atoms with Crippen LogP contribution in [0.1, 0.15) is 32.1 Å². The molecule has 0 aromatic carbocycles. The molecule has 13 heavy (non-hydrogen) atoms. The van der Waals surface area contributed by atoms with Crippen molar-refractivity contribution >= 4 is 17.2 Å². The van der Waals surface area contributed by atoms with E-state index in [1.165, 1.54) is 32.2 Å².